The van der Waals surface area contributed by atoms with Gasteiger partial charge in [0, 0.05) is 27.5 Å². The summed E-state index contributed by atoms with van der Waals surface area (Å²) in [5.41, 5.74) is 7.71. The van der Waals surface area contributed by atoms with Gasteiger partial charge in [0.25, 0.3) is 0 Å². The first-order valence-corrected chi connectivity index (χ1v) is 17.6. The van der Waals surface area contributed by atoms with Crippen LogP contribution in [0, 0.1) is 0 Å². The topological polar surface area (TPSA) is 61.0 Å². The van der Waals surface area contributed by atoms with Crippen LogP contribution in [0.2, 0.25) is 0 Å². The van der Waals surface area contributed by atoms with Crippen molar-refractivity contribution in [3.63, 3.8) is 0 Å². The second-order valence-corrected chi connectivity index (χ2v) is 13.4. The molecule has 0 fully saturated rings. The molecule has 52 heavy (non-hydrogen) atoms. The number of ether oxygens (including phenoxy) is 1. The highest BCUT2D eigenvalue weighted by molar-refractivity contribution is 6.13. The summed E-state index contributed by atoms with van der Waals surface area (Å²) in [7, 11) is 0. The van der Waals surface area contributed by atoms with Gasteiger partial charge in [0.05, 0.1) is 11.5 Å². The van der Waals surface area contributed by atoms with Crippen molar-refractivity contribution >= 4 is 49.1 Å². The molecule has 0 radical (unpaired) electrons. The summed E-state index contributed by atoms with van der Waals surface area (Å²) in [4.78, 5) is 15.9. The zero-order valence-corrected chi connectivity index (χ0v) is 27.9. The predicted molar refractivity (Wildman–Crippen MR) is 209 cm³/mol. The number of allylic oxidation sites excluding steroid dienone is 2. The Hall–Kier alpha value is -6.85. The van der Waals surface area contributed by atoms with Gasteiger partial charge in [0.1, 0.15) is 23.0 Å². The first-order chi connectivity index (χ1) is 25.8. The number of fused-ring (bicyclic) bond motifs is 9. The minimum absolute atomic E-state index is 0.0526. The van der Waals surface area contributed by atoms with Crippen molar-refractivity contribution < 1.29 is 9.15 Å². The average Bonchev–Trinajstić information content (AvgIpc) is 3.79. The molecule has 2 atom stereocenters. The monoisotopic (exact) mass is 667 g/mol. The first kappa shape index (κ1) is 28.9. The number of aromatic nitrogens is 3. The Bertz CT molecular complexity index is 2970. The third-order valence-corrected chi connectivity index (χ3v) is 10.5. The first-order valence-electron chi connectivity index (χ1n) is 17.6. The predicted octanol–water partition coefficient (Wildman–Crippen LogP) is 11.6. The van der Waals surface area contributed by atoms with Crippen LogP contribution in [-0.4, -0.2) is 21.1 Å². The van der Waals surface area contributed by atoms with Gasteiger partial charge in [-0.25, -0.2) is 15.0 Å². The van der Waals surface area contributed by atoms with Crippen LogP contribution in [0.5, 0.6) is 5.75 Å². The molecule has 0 saturated carbocycles. The van der Waals surface area contributed by atoms with Gasteiger partial charge in [-0.15, -0.1) is 0 Å². The second-order valence-electron chi connectivity index (χ2n) is 13.4. The third kappa shape index (κ3) is 4.39. The summed E-state index contributed by atoms with van der Waals surface area (Å²) in [5, 5.41) is 6.65. The molecule has 0 bridgehead atoms. The Morgan fingerprint density at radius 3 is 2.00 bits per heavy atom. The minimum atomic E-state index is -0.0791. The summed E-state index contributed by atoms with van der Waals surface area (Å²) in [5.74, 6) is 2.74. The van der Waals surface area contributed by atoms with Gasteiger partial charge >= 0.3 is 0 Å². The van der Waals surface area contributed by atoms with Crippen molar-refractivity contribution in [1.82, 2.24) is 15.0 Å². The van der Waals surface area contributed by atoms with Gasteiger partial charge in [-0.1, -0.05) is 133 Å². The second kappa shape index (κ2) is 11.3. The Balaban J connectivity index is 1.18. The van der Waals surface area contributed by atoms with Crippen LogP contribution in [0.15, 0.2) is 168 Å². The molecule has 2 aliphatic rings. The van der Waals surface area contributed by atoms with Crippen LogP contribution >= 0.6 is 0 Å². The van der Waals surface area contributed by atoms with Crippen LogP contribution in [0.1, 0.15) is 17.0 Å². The number of para-hydroxylation sites is 3. The van der Waals surface area contributed by atoms with E-state index in [4.69, 9.17) is 24.1 Å². The van der Waals surface area contributed by atoms with Crippen molar-refractivity contribution in [3.8, 4) is 39.9 Å². The van der Waals surface area contributed by atoms with Gasteiger partial charge in [0.2, 0.25) is 0 Å². The van der Waals surface area contributed by atoms with Crippen LogP contribution in [-0.2, 0) is 0 Å². The fraction of sp³-hybridized carbons (Fsp3) is 0.0426. The van der Waals surface area contributed by atoms with E-state index in [2.05, 4.69) is 133 Å². The van der Waals surface area contributed by atoms with E-state index in [1.54, 1.807) is 0 Å². The average molecular weight is 668 g/mol. The molecule has 2 aromatic heterocycles. The molecular formula is C47H29N3O2. The fourth-order valence-electron chi connectivity index (χ4n) is 8.19. The summed E-state index contributed by atoms with van der Waals surface area (Å²) >= 11 is 0. The van der Waals surface area contributed by atoms with E-state index in [9.17, 15) is 0 Å². The molecule has 3 heterocycles. The molecule has 7 aromatic carbocycles. The lowest BCUT2D eigenvalue weighted by Gasteiger charge is -2.24. The van der Waals surface area contributed by atoms with Gasteiger partial charge in [0.15, 0.2) is 17.5 Å². The zero-order valence-electron chi connectivity index (χ0n) is 27.9. The van der Waals surface area contributed by atoms with Crippen molar-refractivity contribution in [2.45, 2.75) is 12.0 Å². The Morgan fingerprint density at radius 1 is 0.481 bits per heavy atom. The number of hydrogen-bond acceptors (Lipinski definition) is 5. The lowest BCUT2D eigenvalue weighted by Crippen LogP contribution is -2.19. The lowest BCUT2D eigenvalue weighted by atomic mass is 9.80. The van der Waals surface area contributed by atoms with Crippen molar-refractivity contribution in [1.29, 1.82) is 0 Å². The largest absolute Gasteiger partial charge is 0.485 e. The maximum atomic E-state index is 6.53. The van der Waals surface area contributed by atoms with E-state index in [0.29, 0.717) is 17.5 Å². The Morgan fingerprint density at radius 2 is 1.12 bits per heavy atom. The van der Waals surface area contributed by atoms with E-state index < -0.39 is 0 Å². The maximum Gasteiger partial charge on any atom is 0.167 e. The van der Waals surface area contributed by atoms with Gasteiger partial charge < -0.3 is 9.15 Å². The molecule has 1 aliphatic carbocycles. The number of rotatable bonds is 4. The molecule has 0 saturated heterocycles. The summed E-state index contributed by atoms with van der Waals surface area (Å²) in [6, 6.07) is 50.3. The highest BCUT2D eigenvalue weighted by atomic mass is 16.5. The molecule has 0 N–H and O–H groups in total. The molecule has 1 aliphatic heterocycles. The zero-order chi connectivity index (χ0) is 34.2. The fourth-order valence-corrected chi connectivity index (χ4v) is 8.19. The molecule has 0 amide bonds. The lowest BCUT2D eigenvalue weighted by molar-refractivity contribution is 0.271. The molecule has 5 heteroatoms. The third-order valence-electron chi connectivity index (χ3n) is 10.5. The molecule has 244 valence electrons. The quantitative estimate of drug-likeness (QED) is 0.175. The number of benzene rings is 7. The van der Waals surface area contributed by atoms with Crippen molar-refractivity contribution in [3.05, 3.63) is 175 Å². The highest BCUT2D eigenvalue weighted by Crippen LogP contribution is 2.49. The summed E-state index contributed by atoms with van der Waals surface area (Å²) < 4.78 is 13.0. The number of furan rings is 1. The Labute approximate surface area is 299 Å². The minimum Gasteiger partial charge on any atom is -0.485 e. The van der Waals surface area contributed by atoms with Gasteiger partial charge in [-0.3, -0.25) is 0 Å². The van der Waals surface area contributed by atoms with E-state index in [0.717, 1.165) is 66.1 Å². The number of nitrogens with zero attached hydrogens (tertiary/aromatic N) is 3. The summed E-state index contributed by atoms with van der Waals surface area (Å²) in [6.45, 7) is 0. The van der Waals surface area contributed by atoms with Gasteiger partial charge in [-0.05, 0) is 63.0 Å². The standard InChI is InChI=1S/C47H29N3O2/c1-2-14-29-28(13-1)27-39(31-16-4-3-15-30(29)31)47-49-45(48-46(50-47)38-23-11-22-35-33-18-7-9-24-40(33)52-44(35)38)36-19-6-5-17-32(36)34-21-12-26-42-43(34)37-20-8-10-25-41(37)51-42/h1-27,42-43H. The summed E-state index contributed by atoms with van der Waals surface area (Å²) in [6.07, 6.45) is 6.38. The molecule has 2 unspecified atom stereocenters. The maximum absolute atomic E-state index is 6.53. The molecule has 11 rings (SSSR count). The normalized spacial score (nSPS) is 16.3. The van der Waals surface area contributed by atoms with E-state index in [-0.39, 0.29) is 12.0 Å². The van der Waals surface area contributed by atoms with Crippen LogP contribution in [0.4, 0.5) is 0 Å². The van der Waals surface area contributed by atoms with Crippen LogP contribution in [0.25, 0.3) is 83.2 Å². The van der Waals surface area contributed by atoms with Crippen LogP contribution in [0.3, 0.4) is 0 Å². The van der Waals surface area contributed by atoms with E-state index in [1.165, 1.54) is 16.5 Å². The van der Waals surface area contributed by atoms with Gasteiger partial charge in [-0.2, -0.15) is 0 Å². The Kier molecular flexibility index (Phi) is 6.31. The van der Waals surface area contributed by atoms with E-state index >= 15 is 0 Å². The smallest absolute Gasteiger partial charge is 0.167 e. The molecule has 0 spiro atoms. The molecule has 5 nitrogen and oxygen atoms in total. The molecular weight excluding hydrogens is 639 g/mol. The molecule has 9 aromatic rings. The highest BCUT2D eigenvalue weighted by Gasteiger charge is 2.37. The number of hydrogen-bond donors (Lipinski definition) is 0. The van der Waals surface area contributed by atoms with Crippen molar-refractivity contribution in [2.75, 3.05) is 0 Å². The van der Waals surface area contributed by atoms with E-state index in [1.807, 2.05) is 30.3 Å². The SMILES string of the molecule is C1=CC2Oc3ccccc3C2C(c2ccccc2-c2nc(-c3cc4ccccc4c4ccccc34)nc(-c3cccc4c3oc3ccccc34)n2)=C1. The van der Waals surface area contributed by atoms with Crippen molar-refractivity contribution in [2.24, 2.45) is 0 Å². The van der Waals surface area contributed by atoms with Crippen LogP contribution < -0.4 is 4.74 Å².